The van der Waals surface area contributed by atoms with Gasteiger partial charge < -0.3 is 20.3 Å². The number of nitrogens with one attached hydrogen (secondary N) is 2. The molecule has 1 aromatic carbocycles. The minimum Gasteiger partial charge on any atom is -0.379 e. The lowest BCUT2D eigenvalue weighted by Gasteiger charge is -2.22. The van der Waals surface area contributed by atoms with Gasteiger partial charge in [0.1, 0.15) is 0 Å². The summed E-state index contributed by atoms with van der Waals surface area (Å²) < 4.78 is 5.60. The Bertz CT molecular complexity index is 538. The molecule has 1 fully saturated rings. The molecule has 5 nitrogen and oxygen atoms in total. The van der Waals surface area contributed by atoms with Gasteiger partial charge in [-0.1, -0.05) is 26.0 Å². The topological polar surface area (TPSA) is 48.9 Å². The summed E-state index contributed by atoms with van der Waals surface area (Å²) in [4.78, 5) is 6.78. The van der Waals surface area contributed by atoms with Crippen LogP contribution in [0.1, 0.15) is 45.2 Å². The third-order valence-corrected chi connectivity index (χ3v) is 4.41. The Kier molecular flexibility index (Phi) is 8.06. The van der Waals surface area contributed by atoms with Crippen molar-refractivity contribution in [1.29, 1.82) is 0 Å². The number of hydrogen-bond donors (Lipinski definition) is 2. The molecule has 1 heterocycles. The van der Waals surface area contributed by atoms with E-state index in [9.17, 15) is 0 Å². The van der Waals surface area contributed by atoms with Gasteiger partial charge in [-0.15, -0.1) is 0 Å². The van der Waals surface area contributed by atoms with Gasteiger partial charge in [0.2, 0.25) is 0 Å². The van der Waals surface area contributed by atoms with Crippen molar-refractivity contribution in [3.63, 3.8) is 0 Å². The second kappa shape index (κ2) is 10.3. The molecule has 0 spiro atoms. The van der Waals surface area contributed by atoms with Crippen molar-refractivity contribution >= 4 is 11.6 Å². The molecule has 0 aromatic heterocycles. The smallest absolute Gasteiger partial charge is 0.191 e. The average Bonchev–Trinajstić information content (AvgIpc) is 3.14. The number of nitrogens with zero attached hydrogens (tertiary/aromatic N) is 2. The van der Waals surface area contributed by atoms with E-state index in [1.807, 2.05) is 0 Å². The zero-order chi connectivity index (χ0) is 18.1. The monoisotopic (exact) mass is 346 g/mol. The second-order valence-corrected chi connectivity index (χ2v) is 7.12. The fourth-order valence-electron chi connectivity index (χ4n) is 3.01. The summed E-state index contributed by atoms with van der Waals surface area (Å²) in [6, 6.07) is 9.03. The molecular weight excluding hydrogens is 312 g/mol. The second-order valence-electron chi connectivity index (χ2n) is 7.12. The third-order valence-electron chi connectivity index (χ3n) is 4.41. The molecule has 1 aromatic rings. The lowest BCUT2D eigenvalue weighted by atomic mass is 10.1. The van der Waals surface area contributed by atoms with Gasteiger partial charge in [-0.2, -0.15) is 0 Å². The van der Waals surface area contributed by atoms with Gasteiger partial charge in [-0.25, -0.2) is 0 Å². The molecule has 0 saturated carbocycles. The van der Waals surface area contributed by atoms with Crippen LogP contribution in [0.25, 0.3) is 0 Å². The maximum absolute atomic E-state index is 5.60. The molecule has 0 radical (unpaired) electrons. The van der Waals surface area contributed by atoms with Crippen LogP contribution in [-0.2, 0) is 4.74 Å². The quantitative estimate of drug-likeness (QED) is 0.431. The highest BCUT2D eigenvalue weighted by atomic mass is 16.5. The highest BCUT2D eigenvalue weighted by Gasteiger charge is 2.14. The summed E-state index contributed by atoms with van der Waals surface area (Å²) in [7, 11) is 1.80. The van der Waals surface area contributed by atoms with Crippen molar-refractivity contribution in [2.24, 2.45) is 10.9 Å². The predicted octanol–water partition coefficient (Wildman–Crippen LogP) is 3.19. The maximum atomic E-state index is 5.60. The highest BCUT2D eigenvalue weighted by molar-refractivity contribution is 5.80. The van der Waals surface area contributed by atoms with Crippen LogP contribution in [0.4, 0.5) is 5.69 Å². The van der Waals surface area contributed by atoms with Gasteiger partial charge in [0, 0.05) is 39.0 Å². The fourth-order valence-corrected chi connectivity index (χ4v) is 3.01. The number of ether oxygens (including phenoxy) is 1. The zero-order valence-corrected chi connectivity index (χ0v) is 16.2. The molecule has 0 aliphatic carbocycles. The standard InChI is InChI=1S/C20H34N4O/c1-16(2)15-25-13-10-22-20(21-4)23-17(3)18-8-7-9-19(14-18)24-11-5-6-12-24/h7-9,14,16-17H,5-6,10-13,15H2,1-4H3,(H2,21,22,23). The lowest BCUT2D eigenvalue weighted by Crippen LogP contribution is -2.40. The van der Waals surface area contributed by atoms with Crippen LogP contribution in [0.3, 0.4) is 0 Å². The molecule has 2 rings (SSSR count). The van der Waals surface area contributed by atoms with Gasteiger partial charge >= 0.3 is 0 Å². The average molecular weight is 347 g/mol. The van der Waals surface area contributed by atoms with Crippen LogP contribution in [0, 0.1) is 5.92 Å². The highest BCUT2D eigenvalue weighted by Crippen LogP contribution is 2.23. The van der Waals surface area contributed by atoms with Crippen LogP contribution < -0.4 is 15.5 Å². The molecule has 1 saturated heterocycles. The van der Waals surface area contributed by atoms with E-state index in [2.05, 4.69) is 65.6 Å². The number of anilines is 1. The summed E-state index contributed by atoms with van der Waals surface area (Å²) in [6.07, 6.45) is 2.60. The maximum Gasteiger partial charge on any atom is 0.191 e. The SMILES string of the molecule is CN=C(NCCOCC(C)C)NC(C)c1cccc(N2CCCC2)c1. The molecule has 25 heavy (non-hydrogen) atoms. The van der Waals surface area contributed by atoms with Crippen LogP contribution in [0.2, 0.25) is 0 Å². The molecule has 0 bridgehead atoms. The number of aliphatic imine (C=N–C) groups is 1. The first kappa shape index (κ1) is 19.6. The van der Waals surface area contributed by atoms with E-state index in [1.54, 1.807) is 7.05 Å². The van der Waals surface area contributed by atoms with E-state index in [-0.39, 0.29) is 6.04 Å². The minimum absolute atomic E-state index is 0.199. The van der Waals surface area contributed by atoms with E-state index in [1.165, 1.54) is 37.2 Å². The number of guanidine groups is 1. The van der Waals surface area contributed by atoms with Crippen LogP contribution >= 0.6 is 0 Å². The minimum atomic E-state index is 0.199. The first-order valence-electron chi connectivity index (χ1n) is 9.50. The van der Waals surface area contributed by atoms with Crippen LogP contribution in [-0.4, -0.2) is 45.9 Å². The van der Waals surface area contributed by atoms with Gasteiger partial charge in [-0.3, -0.25) is 4.99 Å². The normalized spacial score (nSPS) is 16.4. The van der Waals surface area contributed by atoms with Crippen molar-refractivity contribution < 1.29 is 4.74 Å². The van der Waals surface area contributed by atoms with Crippen LogP contribution in [0.5, 0.6) is 0 Å². The van der Waals surface area contributed by atoms with E-state index >= 15 is 0 Å². The fraction of sp³-hybridized carbons (Fsp3) is 0.650. The summed E-state index contributed by atoms with van der Waals surface area (Å²) in [5.74, 6) is 1.38. The van der Waals surface area contributed by atoms with E-state index < -0.39 is 0 Å². The molecule has 0 amide bonds. The largest absolute Gasteiger partial charge is 0.379 e. The molecular formula is C20H34N4O. The Morgan fingerprint density at radius 1 is 1.24 bits per heavy atom. The van der Waals surface area contributed by atoms with Crippen molar-refractivity contribution in [3.05, 3.63) is 29.8 Å². The predicted molar refractivity (Wildman–Crippen MR) is 106 cm³/mol. The van der Waals surface area contributed by atoms with Gasteiger partial charge in [0.25, 0.3) is 0 Å². The van der Waals surface area contributed by atoms with E-state index in [4.69, 9.17) is 4.74 Å². The molecule has 1 atom stereocenters. The summed E-state index contributed by atoms with van der Waals surface area (Å²) in [6.45, 7) is 11.1. The first-order chi connectivity index (χ1) is 12.1. The van der Waals surface area contributed by atoms with Gasteiger partial charge in [0.15, 0.2) is 5.96 Å². The van der Waals surface area contributed by atoms with E-state index in [0.29, 0.717) is 12.5 Å². The summed E-state index contributed by atoms with van der Waals surface area (Å²) in [5, 5.41) is 6.78. The Labute approximate surface area is 152 Å². The molecule has 2 N–H and O–H groups in total. The van der Waals surface area contributed by atoms with E-state index in [0.717, 1.165) is 19.1 Å². The Hall–Kier alpha value is -1.75. The molecule has 140 valence electrons. The zero-order valence-electron chi connectivity index (χ0n) is 16.2. The number of hydrogen-bond acceptors (Lipinski definition) is 3. The summed E-state index contributed by atoms with van der Waals surface area (Å²) in [5.41, 5.74) is 2.61. The van der Waals surface area contributed by atoms with Crippen molar-refractivity contribution in [3.8, 4) is 0 Å². The van der Waals surface area contributed by atoms with Gasteiger partial charge in [-0.05, 0) is 43.4 Å². The van der Waals surface area contributed by atoms with Crippen molar-refractivity contribution in [2.75, 3.05) is 44.8 Å². The Morgan fingerprint density at radius 3 is 2.68 bits per heavy atom. The summed E-state index contributed by atoms with van der Waals surface area (Å²) >= 11 is 0. The molecule has 1 aliphatic rings. The third kappa shape index (κ3) is 6.58. The van der Waals surface area contributed by atoms with Crippen molar-refractivity contribution in [1.82, 2.24) is 10.6 Å². The van der Waals surface area contributed by atoms with Crippen molar-refractivity contribution in [2.45, 2.75) is 39.7 Å². The molecule has 1 aliphatic heterocycles. The van der Waals surface area contributed by atoms with Gasteiger partial charge in [0.05, 0.1) is 12.6 Å². The number of benzene rings is 1. The van der Waals surface area contributed by atoms with Crippen LogP contribution in [0.15, 0.2) is 29.3 Å². The Balaban J connectivity index is 1.82. The number of rotatable bonds is 8. The Morgan fingerprint density at radius 2 is 2.00 bits per heavy atom. The molecule has 5 heteroatoms. The lowest BCUT2D eigenvalue weighted by molar-refractivity contribution is 0.114. The molecule has 1 unspecified atom stereocenters. The first-order valence-corrected chi connectivity index (χ1v) is 9.50.